The number of nitrogens with zero attached hydrogens (tertiary/aromatic N) is 2. The number of aromatic nitrogens is 2. The van der Waals surface area contributed by atoms with E-state index < -0.39 is 0 Å². The van der Waals surface area contributed by atoms with Crippen molar-refractivity contribution >= 4 is 12.0 Å². The Labute approximate surface area is 164 Å². The normalized spacial score (nSPS) is 10.8. The van der Waals surface area contributed by atoms with Gasteiger partial charge in [-0.25, -0.2) is 0 Å². The lowest BCUT2D eigenvalue weighted by Gasteiger charge is -2.07. The van der Waals surface area contributed by atoms with E-state index in [0.717, 1.165) is 23.2 Å². The quantitative estimate of drug-likeness (QED) is 0.612. The third-order valence-corrected chi connectivity index (χ3v) is 4.24. The fourth-order valence-corrected chi connectivity index (χ4v) is 2.73. The van der Waals surface area contributed by atoms with E-state index in [2.05, 4.69) is 10.4 Å². The minimum atomic E-state index is -0.175. The number of rotatable bonds is 8. The molecule has 1 heterocycles. The van der Waals surface area contributed by atoms with Crippen LogP contribution in [0.5, 0.6) is 11.5 Å². The molecule has 0 spiro atoms. The standard InChI is InChI=1S/C22H23N3O3/c1-27-20-9-10-21(28-2)19(14-20)8-11-22(26)23-15-17-4-6-18(7-5-17)16-25-13-3-12-24-25/h3-14H,15-16H2,1-2H3,(H,23,26)/b11-8+. The zero-order valence-corrected chi connectivity index (χ0v) is 16.0. The van der Waals surface area contributed by atoms with Gasteiger partial charge in [0.25, 0.3) is 0 Å². The molecule has 0 atom stereocenters. The monoisotopic (exact) mass is 377 g/mol. The molecule has 0 fully saturated rings. The fraction of sp³-hybridized carbons (Fsp3) is 0.182. The van der Waals surface area contributed by atoms with E-state index in [0.29, 0.717) is 18.0 Å². The van der Waals surface area contributed by atoms with Crippen molar-refractivity contribution in [3.63, 3.8) is 0 Å². The molecule has 28 heavy (non-hydrogen) atoms. The third kappa shape index (κ3) is 5.23. The summed E-state index contributed by atoms with van der Waals surface area (Å²) in [5.74, 6) is 1.21. The number of benzene rings is 2. The Morgan fingerprint density at radius 3 is 2.57 bits per heavy atom. The van der Waals surface area contributed by atoms with Crippen molar-refractivity contribution in [1.82, 2.24) is 15.1 Å². The van der Waals surface area contributed by atoms with E-state index >= 15 is 0 Å². The van der Waals surface area contributed by atoms with Gasteiger partial charge in [-0.1, -0.05) is 24.3 Å². The predicted molar refractivity (Wildman–Crippen MR) is 108 cm³/mol. The van der Waals surface area contributed by atoms with Gasteiger partial charge in [-0.05, 0) is 41.5 Å². The molecule has 1 aromatic heterocycles. The van der Waals surface area contributed by atoms with Gasteiger partial charge in [0, 0.05) is 30.6 Å². The van der Waals surface area contributed by atoms with Gasteiger partial charge in [0.15, 0.2) is 0 Å². The second-order valence-corrected chi connectivity index (χ2v) is 6.18. The van der Waals surface area contributed by atoms with Crippen molar-refractivity contribution in [1.29, 1.82) is 0 Å². The van der Waals surface area contributed by atoms with Gasteiger partial charge in [0.1, 0.15) is 11.5 Å². The number of carbonyl (C=O) groups excluding carboxylic acids is 1. The Balaban J connectivity index is 1.55. The van der Waals surface area contributed by atoms with Crippen molar-refractivity contribution < 1.29 is 14.3 Å². The molecule has 6 nitrogen and oxygen atoms in total. The predicted octanol–water partition coefficient (Wildman–Crippen LogP) is 3.28. The van der Waals surface area contributed by atoms with Crippen LogP contribution in [0.15, 0.2) is 67.0 Å². The molecule has 0 aliphatic carbocycles. The summed E-state index contributed by atoms with van der Waals surface area (Å²) in [7, 11) is 3.19. The maximum atomic E-state index is 12.1. The van der Waals surface area contributed by atoms with E-state index in [4.69, 9.17) is 9.47 Å². The van der Waals surface area contributed by atoms with Gasteiger partial charge < -0.3 is 14.8 Å². The molecule has 0 radical (unpaired) electrons. The number of amides is 1. The molecule has 0 bridgehead atoms. The maximum absolute atomic E-state index is 12.1. The molecule has 0 saturated carbocycles. The highest BCUT2D eigenvalue weighted by atomic mass is 16.5. The van der Waals surface area contributed by atoms with Crippen LogP contribution in [0.2, 0.25) is 0 Å². The van der Waals surface area contributed by atoms with Crippen LogP contribution in [0.1, 0.15) is 16.7 Å². The summed E-state index contributed by atoms with van der Waals surface area (Å²) >= 11 is 0. The largest absolute Gasteiger partial charge is 0.497 e. The first-order valence-electron chi connectivity index (χ1n) is 8.91. The van der Waals surface area contributed by atoms with Gasteiger partial charge in [-0.3, -0.25) is 9.48 Å². The molecule has 1 N–H and O–H groups in total. The molecule has 3 rings (SSSR count). The number of ether oxygens (including phenoxy) is 2. The second-order valence-electron chi connectivity index (χ2n) is 6.18. The molecular weight excluding hydrogens is 354 g/mol. The lowest BCUT2D eigenvalue weighted by atomic mass is 10.1. The average molecular weight is 377 g/mol. The van der Waals surface area contributed by atoms with Gasteiger partial charge in [-0.15, -0.1) is 0 Å². The molecule has 0 aliphatic rings. The highest BCUT2D eigenvalue weighted by Gasteiger charge is 2.03. The van der Waals surface area contributed by atoms with E-state index in [1.165, 1.54) is 6.08 Å². The summed E-state index contributed by atoms with van der Waals surface area (Å²) in [6.07, 6.45) is 6.89. The summed E-state index contributed by atoms with van der Waals surface area (Å²) < 4.78 is 12.4. The molecule has 2 aromatic carbocycles. The molecule has 6 heteroatoms. The number of hydrogen-bond donors (Lipinski definition) is 1. The van der Waals surface area contributed by atoms with Crippen molar-refractivity contribution in [3.8, 4) is 11.5 Å². The first-order valence-corrected chi connectivity index (χ1v) is 8.91. The molecule has 0 unspecified atom stereocenters. The van der Waals surface area contributed by atoms with E-state index in [9.17, 15) is 4.79 Å². The average Bonchev–Trinajstić information content (AvgIpc) is 3.24. The smallest absolute Gasteiger partial charge is 0.244 e. The van der Waals surface area contributed by atoms with Crippen molar-refractivity contribution in [2.45, 2.75) is 13.1 Å². The van der Waals surface area contributed by atoms with Gasteiger partial charge in [-0.2, -0.15) is 5.10 Å². The first kappa shape index (κ1) is 19.2. The van der Waals surface area contributed by atoms with E-state index in [1.54, 1.807) is 32.6 Å². The van der Waals surface area contributed by atoms with Crippen LogP contribution in [0, 0.1) is 0 Å². The summed E-state index contributed by atoms with van der Waals surface area (Å²) in [4.78, 5) is 12.1. The maximum Gasteiger partial charge on any atom is 0.244 e. The topological polar surface area (TPSA) is 65.4 Å². The lowest BCUT2D eigenvalue weighted by molar-refractivity contribution is -0.116. The summed E-state index contributed by atoms with van der Waals surface area (Å²) in [6, 6.07) is 15.4. The van der Waals surface area contributed by atoms with Crippen molar-refractivity contribution in [3.05, 3.63) is 83.7 Å². The minimum Gasteiger partial charge on any atom is -0.497 e. The number of nitrogens with one attached hydrogen (secondary N) is 1. The Kier molecular flexibility index (Phi) is 6.46. The minimum absolute atomic E-state index is 0.175. The number of hydrogen-bond acceptors (Lipinski definition) is 4. The van der Waals surface area contributed by atoms with E-state index in [1.807, 2.05) is 53.3 Å². The lowest BCUT2D eigenvalue weighted by Crippen LogP contribution is -2.20. The third-order valence-electron chi connectivity index (χ3n) is 4.24. The molecule has 3 aromatic rings. The number of methoxy groups -OCH3 is 2. The Morgan fingerprint density at radius 1 is 1.11 bits per heavy atom. The van der Waals surface area contributed by atoms with Gasteiger partial charge >= 0.3 is 0 Å². The zero-order chi connectivity index (χ0) is 19.8. The Bertz CT molecular complexity index is 932. The van der Waals surface area contributed by atoms with Crippen LogP contribution in [0.3, 0.4) is 0 Å². The molecule has 0 aliphatic heterocycles. The SMILES string of the molecule is COc1ccc(OC)c(/C=C/C(=O)NCc2ccc(Cn3cccn3)cc2)c1. The summed E-state index contributed by atoms with van der Waals surface area (Å²) in [6.45, 7) is 1.19. The zero-order valence-electron chi connectivity index (χ0n) is 16.0. The Morgan fingerprint density at radius 2 is 1.89 bits per heavy atom. The molecular formula is C22H23N3O3. The molecule has 1 amide bonds. The van der Waals surface area contributed by atoms with Gasteiger partial charge in [0.05, 0.1) is 20.8 Å². The van der Waals surface area contributed by atoms with Crippen molar-refractivity contribution in [2.24, 2.45) is 0 Å². The highest BCUT2D eigenvalue weighted by Crippen LogP contribution is 2.25. The van der Waals surface area contributed by atoms with Gasteiger partial charge in [0.2, 0.25) is 5.91 Å². The molecule has 144 valence electrons. The van der Waals surface area contributed by atoms with Crippen LogP contribution < -0.4 is 14.8 Å². The van der Waals surface area contributed by atoms with Crippen LogP contribution in [0.4, 0.5) is 0 Å². The fourth-order valence-electron chi connectivity index (χ4n) is 2.73. The van der Waals surface area contributed by atoms with Crippen LogP contribution in [-0.2, 0) is 17.9 Å². The second kappa shape index (κ2) is 9.41. The first-order chi connectivity index (χ1) is 13.7. The Hall–Kier alpha value is -3.54. The van der Waals surface area contributed by atoms with Crippen molar-refractivity contribution in [2.75, 3.05) is 14.2 Å². The molecule has 0 saturated heterocycles. The van der Waals surface area contributed by atoms with Crippen LogP contribution in [0.25, 0.3) is 6.08 Å². The van der Waals surface area contributed by atoms with Crippen LogP contribution >= 0.6 is 0 Å². The van der Waals surface area contributed by atoms with Crippen LogP contribution in [-0.4, -0.2) is 29.9 Å². The number of carbonyl (C=O) groups is 1. The summed E-state index contributed by atoms with van der Waals surface area (Å²) in [5.41, 5.74) is 2.97. The highest BCUT2D eigenvalue weighted by molar-refractivity contribution is 5.92. The van der Waals surface area contributed by atoms with E-state index in [-0.39, 0.29) is 5.91 Å². The summed E-state index contributed by atoms with van der Waals surface area (Å²) in [5, 5.41) is 7.08.